The van der Waals surface area contributed by atoms with Crippen molar-refractivity contribution in [2.24, 2.45) is 0 Å². The van der Waals surface area contributed by atoms with Crippen LogP contribution in [0.4, 0.5) is 0 Å². The molecule has 0 aromatic heterocycles. The van der Waals surface area contributed by atoms with E-state index in [1.54, 1.807) is 36.4 Å². The van der Waals surface area contributed by atoms with Gasteiger partial charge in [0.05, 0.1) is 31.8 Å². The number of hydrogen-bond acceptors (Lipinski definition) is 5. The van der Waals surface area contributed by atoms with Gasteiger partial charge in [-0.15, -0.1) is 0 Å². The Morgan fingerprint density at radius 2 is 1.20 bits per heavy atom. The maximum atomic E-state index is 13.8. The zero-order chi connectivity index (χ0) is 21.9. The fourth-order valence-electron chi connectivity index (χ4n) is 3.19. The van der Waals surface area contributed by atoms with Crippen LogP contribution >= 0.6 is 23.2 Å². The molecule has 0 saturated carbocycles. The molecule has 3 aromatic rings. The van der Waals surface area contributed by atoms with Crippen molar-refractivity contribution in [2.75, 3.05) is 21.3 Å². The van der Waals surface area contributed by atoms with Crippen molar-refractivity contribution in [3.63, 3.8) is 0 Å². The fraction of sp³-hybridized carbons (Fsp3) is 0.182. The third-order valence-corrected chi connectivity index (χ3v) is 7.20. The Hall–Kier alpha value is -2.41. The SMILES string of the molecule is COc1cc(OC)c(C(c2ccc(Cl)cc2)S(=O)(=O)c2ccc(Cl)cc2)c(OC)c1. The number of halogens is 2. The average molecular weight is 467 g/mol. The predicted molar refractivity (Wildman–Crippen MR) is 118 cm³/mol. The molecule has 8 heteroatoms. The summed E-state index contributed by atoms with van der Waals surface area (Å²) in [6.07, 6.45) is 0. The highest BCUT2D eigenvalue weighted by Crippen LogP contribution is 2.46. The Kier molecular flexibility index (Phi) is 6.81. The average Bonchev–Trinajstić information content (AvgIpc) is 2.75. The Morgan fingerprint density at radius 1 is 0.733 bits per heavy atom. The van der Waals surface area contributed by atoms with Gasteiger partial charge in [0.2, 0.25) is 0 Å². The van der Waals surface area contributed by atoms with E-state index in [9.17, 15) is 8.42 Å². The molecular weight excluding hydrogens is 447 g/mol. The molecule has 0 amide bonds. The topological polar surface area (TPSA) is 61.8 Å². The fourth-order valence-corrected chi connectivity index (χ4v) is 5.29. The first-order valence-corrected chi connectivity index (χ1v) is 11.2. The number of benzene rings is 3. The van der Waals surface area contributed by atoms with Gasteiger partial charge in [-0.3, -0.25) is 0 Å². The van der Waals surface area contributed by atoms with Crippen molar-refractivity contribution in [3.8, 4) is 17.2 Å². The number of sulfone groups is 1. The van der Waals surface area contributed by atoms with Gasteiger partial charge >= 0.3 is 0 Å². The third kappa shape index (κ3) is 4.36. The molecule has 1 unspecified atom stereocenters. The van der Waals surface area contributed by atoms with Crippen LogP contribution < -0.4 is 14.2 Å². The molecule has 1 atom stereocenters. The van der Waals surface area contributed by atoms with Gasteiger partial charge in [0.1, 0.15) is 22.5 Å². The molecule has 0 N–H and O–H groups in total. The van der Waals surface area contributed by atoms with Gasteiger partial charge in [0, 0.05) is 22.2 Å². The number of rotatable bonds is 7. The van der Waals surface area contributed by atoms with Crippen LogP contribution in [0.15, 0.2) is 65.6 Å². The van der Waals surface area contributed by atoms with Gasteiger partial charge in [-0.2, -0.15) is 0 Å². The van der Waals surface area contributed by atoms with E-state index >= 15 is 0 Å². The smallest absolute Gasteiger partial charge is 0.189 e. The van der Waals surface area contributed by atoms with E-state index in [1.165, 1.54) is 45.6 Å². The zero-order valence-electron chi connectivity index (χ0n) is 16.6. The lowest BCUT2D eigenvalue weighted by atomic mass is 10.0. The lowest BCUT2D eigenvalue weighted by Crippen LogP contribution is -2.17. The maximum Gasteiger partial charge on any atom is 0.189 e. The minimum atomic E-state index is -3.92. The molecule has 0 aliphatic heterocycles. The van der Waals surface area contributed by atoms with Gasteiger partial charge in [0.25, 0.3) is 0 Å². The van der Waals surface area contributed by atoms with E-state index in [1.807, 2.05) is 0 Å². The van der Waals surface area contributed by atoms with Gasteiger partial charge in [0.15, 0.2) is 9.84 Å². The molecule has 0 spiro atoms. The van der Waals surface area contributed by atoms with Crippen LogP contribution in [0.3, 0.4) is 0 Å². The summed E-state index contributed by atoms with van der Waals surface area (Å²) < 4.78 is 44.0. The largest absolute Gasteiger partial charge is 0.496 e. The van der Waals surface area contributed by atoms with E-state index < -0.39 is 15.1 Å². The van der Waals surface area contributed by atoms with Crippen molar-refractivity contribution < 1.29 is 22.6 Å². The molecule has 3 rings (SSSR count). The predicted octanol–water partition coefficient (Wildman–Crippen LogP) is 5.58. The van der Waals surface area contributed by atoms with Crippen molar-refractivity contribution in [2.45, 2.75) is 10.1 Å². The maximum absolute atomic E-state index is 13.8. The van der Waals surface area contributed by atoms with Crippen molar-refractivity contribution in [3.05, 3.63) is 81.8 Å². The minimum Gasteiger partial charge on any atom is -0.496 e. The molecule has 0 aliphatic rings. The lowest BCUT2D eigenvalue weighted by Gasteiger charge is -2.24. The van der Waals surface area contributed by atoms with Gasteiger partial charge < -0.3 is 14.2 Å². The van der Waals surface area contributed by atoms with Crippen LogP contribution in [0.1, 0.15) is 16.4 Å². The Balaban J connectivity index is 2.34. The third-order valence-electron chi connectivity index (χ3n) is 4.64. The van der Waals surface area contributed by atoms with Crippen molar-refractivity contribution in [1.82, 2.24) is 0 Å². The van der Waals surface area contributed by atoms with E-state index in [4.69, 9.17) is 37.4 Å². The molecule has 0 radical (unpaired) electrons. The second-order valence-corrected chi connectivity index (χ2v) is 9.28. The molecule has 3 aromatic carbocycles. The van der Waals surface area contributed by atoms with Gasteiger partial charge in [-0.1, -0.05) is 35.3 Å². The van der Waals surface area contributed by atoms with Crippen LogP contribution in [0.25, 0.3) is 0 Å². The first kappa shape index (κ1) is 22.3. The summed E-state index contributed by atoms with van der Waals surface area (Å²) in [7, 11) is 0.513. The molecule has 0 heterocycles. The van der Waals surface area contributed by atoms with Crippen LogP contribution in [-0.4, -0.2) is 29.7 Å². The molecule has 0 bridgehead atoms. The molecule has 0 aliphatic carbocycles. The summed E-state index contributed by atoms with van der Waals surface area (Å²) in [4.78, 5) is 0.117. The summed E-state index contributed by atoms with van der Waals surface area (Å²) in [5, 5.41) is -0.182. The van der Waals surface area contributed by atoms with E-state index in [0.717, 1.165) is 0 Å². The standard InChI is InChI=1S/C22H20Cl2O5S/c1-27-17-12-19(28-2)21(20(13-17)29-3)22(14-4-6-15(23)7-5-14)30(25,26)18-10-8-16(24)9-11-18/h4-13,22H,1-3H3. The quantitative estimate of drug-likeness (QED) is 0.454. The Bertz CT molecular complexity index is 1100. The van der Waals surface area contributed by atoms with Gasteiger partial charge in [-0.05, 0) is 42.0 Å². The molecule has 158 valence electrons. The summed E-state index contributed by atoms with van der Waals surface area (Å²) >= 11 is 12.0. The highest BCUT2D eigenvalue weighted by molar-refractivity contribution is 7.92. The monoisotopic (exact) mass is 466 g/mol. The number of ether oxygens (including phenoxy) is 3. The number of hydrogen-bond donors (Lipinski definition) is 0. The summed E-state index contributed by atoms with van der Waals surface area (Å²) in [6.45, 7) is 0. The van der Waals surface area contributed by atoms with E-state index in [-0.39, 0.29) is 4.90 Å². The first-order valence-electron chi connectivity index (χ1n) is 8.86. The van der Waals surface area contributed by atoms with Crippen LogP contribution in [-0.2, 0) is 9.84 Å². The van der Waals surface area contributed by atoms with E-state index in [0.29, 0.717) is 38.4 Å². The summed E-state index contributed by atoms with van der Waals surface area (Å²) in [6, 6.07) is 15.9. The van der Waals surface area contributed by atoms with Crippen LogP contribution in [0.5, 0.6) is 17.2 Å². The first-order chi connectivity index (χ1) is 14.3. The van der Waals surface area contributed by atoms with Crippen LogP contribution in [0, 0.1) is 0 Å². The highest BCUT2D eigenvalue weighted by atomic mass is 35.5. The second-order valence-electron chi connectivity index (χ2n) is 6.38. The lowest BCUT2D eigenvalue weighted by molar-refractivity contribution is 0.369. The Labute approximate surface area is 186 Å². The van der Waals surface area contributed by atoms with Gasteiger partial charge in [-0.25, -0.2) is 8.42 Å². The molecular formula is C22H20Cl2O5S. The van der Waals surface area contributed by atoms with E-state index in [2.05, 4.69) is 0 Å². The Morgan fingerprint density at radius 3 is 1.63 bits per heavy atom. The molecule has 5 nitrogen and oxygen atoms in total. The zero-order valence-corrected chi connectivity index (χ0v) is 18.9. The van der Waals surface area contributed by atoms with Crippen LogP contribution in [0.2, 0.25) is 10.0 Å². The molecule has 0 saturated heterocycles. The highest BCUT2D eigenvalue weighted by Gasteiger charge is 2.36. The molecule has 0 fully saturated rings. The summed E-state index contributed by atoms with van der Waals surface area (Å²) in [5.74, 6) is 1.12. The summed E-state index contributed by atoms with van der Waals surface area (Å²) in [5.41, 5.74) is 0.870. The molecule has 30 heavy (non-hydrogen) atoms. The minimum absolute atomic E-state index is 0.117. The number of methoxy groups -OCH3 is 3. The normalized spacial score (nSPS) is 12.3. The van der Waals surface area contributed by atoms with Crippen molar-refractivity contribution in [1.29, 1.82) is 0 Å². The second kappa shape index (κ2) is 9.16. The van der Waals surface area contributed by atoms with Crippen molar-refractivity contribution >= 4 is 33.0 Å².